The molecular formula is C18H23NO3. The van der Waals surface area contributed by atoms with Crippen molar-refractivity contribution < 1.29 is 14.7 Å². The molecule has 0 spiro atoms. The molecule has 1 amide bonds. The summed E-state index contributed by atoms with van der Waals surface area (Å²) in [4.78, 5) is 26.1. The average molecular weight is 301 g/mol. The molecule has 1 N–H and O–H groups in total. The molecule has 1 heterocycles. The number of aryl methyl sites for hydroxylation is 1. The van der Waals surface area contributed by atoms with Crippen molar-refractivity contribution in [2.45, 2.75) is 51.5 Å². The molecule has 1 aromatic carbocycles. The zero-order valence-electron chi connectivity index (χ0n) is 13.0. The van der Waals surface area contributed by atoms with E-state index in [1.807, 2.05) is 11.8 Å². The summed E-state index contributed by atoms with van der Waals surface area (Å²) in [5.41, 5.74) is 1.53. The van der Waals surface area contributed by atoms with Crippen LogP contribution in [0.15, 0.2) is 18.2 Å². The second kappa shape index (κ2) is 6.11. The van der Waals surface area contributed by atoms with Crippen LogP contribution >= 0.6 is 0 Å². The van der Waals surface area contributed by atoms with E-state index >= 15 is 0 Å². The zero-order valence-corrected chi connectivity index (χ0v) is 13.0. The lowest BCUT2D eigenvalue weighted by Crippen LogP contribution is -2.39. The van der Waals surface area contributed by atoms with Crippen LogP contribution in [-0.2, 0) is 0 Å². The Bertz CT molecular complexity index is 590. The van der Waals surface area contributed by atoms with Crippen LogP contribution in [-0.4, -0.2) is 34.5 Å². The summed E-state index contributed by atoms with van der Waals surface area (Å²) >= 11 is 0. The molecule has 1 atom stereocenters. The third kappa shape index (κ3) is 2.87. The first-order valence-corrected chi connectivity index (χ1v) is 8.22. The van der Waals surface area contributed by atoms with Gasteiger partial charge in [-0.2, -0.15) is 0 Å². The average Bonchev–Trinajstić information content (AvgIpc) is 3.16. The highest BCUT2D eigenvalue weighted by Crippen LogP contribution is 2.36. The Morgan fingerprint density at radius 3 is 2.41 bits per heavy atom. The van der Waals surface area contributed by atoms with Gasteiger partial charge in [-0.05, 0) is 62.3 Å². The molecule has 1 saturated heterocycles. The number of hydrogen-bond acceptors (Lipinski definition) is 2. The minimum Gasteiger partial charge on any atom is -0.478 e. The zero-order chi connectivity index (χ0) is 15.7. The summed E-state index contributed by atoms with van der Waals surface area (Å²) in [5.74, 6) is -0.345. The van der Waals surface area contributed by atoms with E-state index in [0.717, 1.165) is 24.9 Å². The molecule has 0 bridgehead atoms. The van der Waals surface area contributed by atoms with Gasteiger partial charge in [0.05, 0.1) is 5.56 Å². The number of rotatable bonds is 3. The van der Waals surface area contributed by atoms with Gasteiger partial charge >= 0.3 is 5.97 Å². The number of amides is 1. The van der Waals surface area contributed by atoms with Gasteiger partial charge in [-0.3, -0.25) is 4.79 Å². The number of carbonyl (C=O) groups is 2. The summed E-state index contributed by atoms with van der Waals surface area (Å²) < 4.78 is 0. The molecule has 1 aliphatic carbocycles. The van der Waals surface area contributed by atoms with Gasteiger partial charge in [0.1, 0.15) is 0 Å². The van der Waals surface area contributed by atoms with E-state index in [0.29, 0.717) is 17.5 Å². The van der Waals surface area contributed by atoms with E-state index in [1.54, 1.807) is 12.1 Å². The first-order valence-electron chi connectivity index (χ1n) is 8.22. The molecule has 118 valence electrons. The van der Waals surface area contributed by atoms with Crippen molar-refractivity contribution in [3.05, 3.63) is 34.9 Å². The van der Waals surface area contributed by atoms with Crippen molar-refractivity contribution >= 4 is 11.9 Å². The van der Waals surface area contributed by atoms with Crippen LogP contribution < -0.4 is 0 Å². The summed E-state index contributed by atoms with van der Waals surface area (Å²) in [6.45, 7) is 2.64. The normalized spacial score (nSPS) is 22.2. The van der Waals surface area contributed by atoms with E-state index in [1.165, 1.54) is 31.7 Å². The molecule has 3 rings (SSSR count). The van der Waals surface area contributed by atoms with E-state index in [2.05, 4.69) is 0 Å². The fraction of sp³-hybridized carbons (Fsp3) is 0.556. The van der Waals surface area contributed by atoms with E-state index in [-0.39, 0.29) is 11.5 Å². The van der Waals surface area contributed by atoms with E-state index < -0.39 is 5.97 Å². The van der Waals surface area contributed by atoms with Gasteiger partial charge in [0.15, 0.2) is 0 Å². The Labute approximate surface area is 131 Å². The van der Waals surface area contributed by atoms with Crippen LogP contribution in [0, 0.1) is 12.8 Å². The molecule has 0 radical (unpaired) electrons. The molecule has 22 heavy (non-hydrogen) atoms. The second-order valence-electron chi connectivity index (χ2n) is 6.65. The van der Waals surface area contributed by atoms with Crippen LogP contribution in [0.25, 0.3) is 0 Å². The third-order valence-electron chi connectivity index (χ3n) is 5.08. The Morgan fingerprint density at radius 2 is 1.73 bits per heavy atom. The predicted molar refractivity (Wildman–Crippen MR) is 84.2 cm³/mol. The minimum absolute atomic E-state index is 0.000556. The fourth-order valence-electron chi connectivity index (χ4n) is 4.07. The van der Waals surface area contributed by atoms with Crippen LogP contribution in [0.1, 0.15) is 64.8 Å². The Hall–Kier alpha value is -1.84. The molecular weight excluding hydrogens is 278 g/mol. The van der Waals surface area contributed by atoms with Gasteiger partial charge in [-0.25, -0.2) is 4.79 Å². The fourth-order valence-corrected chi connectivity index (χ4v) is 4.07. The highest BCUT2D eigenvalue weighted by molar-refractivity contribution is 5.98. The van der Waals surface area contributed by atoms with Crippen molar-refractivity contribution in [1.29, 1.82) is 0 Å². The topological polar surface area (TPSA) is 57.6 Å². The van der Waals surface area contributed by atoms with Crippen LogP contribution in [0.3, 0.4) is 0 Å². The highest BCUT2D eigenvalue weighted by Gasteiger charge is 2.36. The van der Waals surface area contributed by atoms with Crippen molar-refractivity contribution in [2.24, 2.45) is 5.92 Å². The lowest BCUT2D eigenvalue weighted by Gasteiger charge is -2.29. The lowest BCUT2D eigenvalue weighted by molar-refractivity contribution is 0.0689. The third-order valence-corrected chi connectivity index (χ3v) is 5.08. The number of benzene rings is 1. The number of hydrogen-bond donors (Lipinski definition) is 1. The van der Waals surface area contributed by atoms with Crippen molar-refractivity contribution in [3.63, 3.8) is 0 Å². The van der Waals surface area contributed by atoms with Gasteiger partial charge in [-0.15, -0.1) is 0 Å². The van der Waals surface area contributed by atoms with Crippen molar-refractivity contribution in [2.75, 3.05) is 6.54 Å². The first kappa shape index (κ1) is 15.1. The van der Waals surface area contributed by atoms with Crippen molar-refractivity contribution in [1.82, 2.24) is 4.90 Å². The Morgan fingerprint density at radius 1 is 1.05 bits per heavy atom. The molecule has 2 fully saturated rings. The molecule has 4 nitrogen and oxygen atoms in total. The van der Waals surface area contributed by atoms with Gasteiger partial charge in [0.2, 0.25) is 0 Å². The number of carboxylic acids is 1. The highest BCUT2D eigenvalue weighted by atomic mass is 16.4. The Kier molecular flexibility index (Phi) is 4.19. The number of aromatic carboxylic acids is 1. The Balaban J connectivity index is 1.85. The minimum atomic E-state index is -0.980. The molecule has 1 unspecified atom stereocenters. The number of carbonyl (C=O) groups excluding carboxylic acids is 1. The van der Waals surface area contributed by atoms with E-state index in [4.69, 9.17) is 0 Å². The van der Waals surface area contributed by atoms with Crippen LogP contribution in [0.4, 0.5) is 0 Å². The predicted octanol–water partition coefficient (Wildman–Crippen LogP) is 3.49. The number of likely N-dealkylation sites (tertiary alicyclic amines) is 1. The van der Waals surface area contributed by atoms with Gasteiger partial charge in [0.25, 0.3) is 5.91 Å². The standard InChI is InChI=1S/C18H23NO3/c1-12-9-14(11-15(10-12)18(21)22)17(20)19-8-4-7-16(19)13-5-2-3-6-13/h9-11,13,16H,2-8H2,1H3,(H,21,22). The van der Waals surface area contributed by atoms with Crippen LogP contribution in [0.2, 0.25) is 0 Å². The smallest absolute Gasteiger partial charge is 0.335 e. The molecule has 1 aliphatic heterocycles. The van der Waals surface area contributed by atoms with Gasteiger partial charge < -0.3 is 10.0 Å². The molecule has 2 aliphatic rings. The van der Waals surface area contributed by atoms with Gasteiger partial charge in [0, 0.05) is 18.2 Å². The quantitative estimate of drug-likeness (QED) is 0.929. The number of carboxylic acid groups (broad SMARTS) is 1. The molecule has 1 saturated carbocycles. The monoisotopic (exact) mass is 301 g/mol. The lowest BCUT2D eigenvalue weighted by atomic mass is 9.95. The maximum atomic E-state index is 12.9. The van der Waals surface area contributed by atoms with E-state index in [9.17, 15) is 14.7 Å². The van der Waals surface area contributed by atoms with Crippen molar-refractivity contribution in [3.8, 4) is 0 Å². The molecule has 4 heteroatoms. The largest absolute Gasteiger partial charge is 0.478 e. The number of nitrogens with zero attached hydrogens (tertiary/aromatic N) is 1. The molecule has 0 aromatic heterocycles. The molecule has 1 aromatic rings. The summed E-state index contributed by atoms with van der Waals surface area (Å²) in [6.07, 6.45) is 7.15. The summed E-state index contributed by atoms with van der Waals surface area (Å²) in [7, 11) is 0. The second-order valence-corrected chi connectivity index (χ2v) is 6.65. The summed E-state index contributed by atoms with van der Waals surface area (Å²) in [5, 5.41) is 9.18. The first-order chi connectivity index (χ1) is 10.6. The summed E-state index contributed by atoms with van der Waals surface area (Å²) in [6, 6.07) is 5.28. The SMILES string of the molecule is Cc1cc(C(=O)O)cc(C(=O)N2CCCC2C2CCCC2)c1. The maximum Gasteiger partial charge on any atom is 0.335 e. The van der Waals surface area contributed by atoms with Gasteiger partial charge in [-0.1, -0.05) is 12.8 Å². The van der Waals surface area contributed by atoms with Crippen LogP contribution in [0.5, 0.6) is 0 Å². The maximum absolute atomic E-state index is 12.9.